The molecule has 0 spiro atoms. The van der Waals surface area contributed by atoms with Gasteiger partial charge in [0.05, 0.1) is 5.02 Å². The Morgan fingerprint density at radius 3 is 2.79 bits per heavy atom. The molecular weight excluding hydrogens is 196 g/mol. The zero-order valence-electron chi connectivity index (χ0n) is 8.34. The largest absolute Gasteiger partial charge is 0.348 e. The Hall–Kier alpha value is -0.990. The van der Waals surface area contributed by atoms with Gasteiger partial charge in [-0.25, -0.2) is 0 Å². The van der Waals surface area contributed by atoms with Crippen LogP contribution in [0.15, 0.2) is 18.2 Å². The van der Waals surface area contributed by atoms with E-state index in [1.807, 2.05) is 13.1 Å². The minimum absolute atomic E-state index is 0.489. The van der Waals surface area contributed by atoms with Crippen LogP contribution in [-0.2, 0) is 13.6 Å². The van der Waals surface area contributed by atoms with Crippen LogP contribution in [0.2, 0.25) is 5.02 Å². The van der Waals surface area contributed by atoms with Crippen LogP contribution in [0.4, 0.5) is 0 Å². The van der Waals surface area contributed by atoms with Crippen LogP contribution in [0.3, 0.4) is 0 Å². The lowest BCUT2D eigenvalue weighted by Gasteiger charge is -2.03. The molecule has 1 aromatic heterocycles. The topological polar surface area (TPSA) is 30.9 Å². The van der Waals surface area contributed by atoms with E-state index in [0.717, 1.165) is 21.5 Å². The van der Waals surface area contributed by atoms with Gasteiger partial charge in [0.25, 0.3) is 0 Å². The smallest absolute Gasteiger partial charge is 0.0544 e. The Balaban J connectivity index is 2.83. The lowest BCUT2D eigenvalue weighted by Crippen LogP contribution is -1.97. The first-order valence-corrected chi connectivity index (χ1v) is 4.96. The number of halogens is 1. The molecule has 2 nitrogen and oxygen atoms in total. The molecule has 1 aromatic carbocycles. The second-order valence-corrected chi connectivity index (χ2v) is 3.90. The fourth-order valence-electron chi connectivity index (χ4n) is 1.71. The monoisotopic (exact) mass is 208 g/mol. The number of rotatable bonds is 1. The van der Waals surface area contributed by atoms with Crippen LogP contribution in [0.5, 0.6) is 0 Å². The highest BCUT2D eigenvalue weighted by atomic mass is 35.5. The van der Waals surface area contributed by atoms with Crippen molar-refractivity contribution in [2.75, 3.05) is 0 Å². The molecule has 0 aliphatic heterocycles. The van der Waals surface area contributed by atoms with E-state index in [2.05, 4.69) is 23.6 Å². The van der Waals surface area contributed by atoms with Gasteiger partial charge in [-0.1, -0.05) is 17.7 Å². The molecule has 0 aliphatic carbocycles. The first-order chi connectivity index (χ1) is 6.65. The predicted octanol–water partition coefficient (Wildman–Crippen LogP) is 2.60. The van der Waals surface area contributed by atoms with Gasteiger partial charge in [0.2, 0.25) is 0 Å². The maximum absolute atomic E-state index is 6.23. The van der Waals surface area contributed by atoms with Crippen molar-refractivity contribution in [1.29, 1.82) is 0 Å². The molecule has 0 unspecified atom stereocenters. The molecule has 0 fully saturated rings. The van der Waals surface area contributed by atoms with Gasteiger partial charge in [-0.2, -0.15) is 0 Å². The number of nitrogens with two attached hydrogens (primary N) is 1. The summed E-state index contributed by atoms with van der Waals surface area (Å²) in [6.07, 6.45) is 0. The number of aryl methyl sites for hydroxylation is 2. The number of hydrogen-bond acceptors (Lipinski definition) is 1. The molecule has 3 heteroatoms. The minimum atomic E-state index is 0.489. The van der Waals surface area contributed by atoms with Crippen LogP contribution in [0.1, 0.15) is 11.3 Å². The molecule has 2 N–H and O–H groups in total. The number of hydrogen-bond donors (Lipinski definition) is 1. The van der Waals surface area contributed by atoms with E-state index in [1.165, 1.54) is 5.69 Å². The summed E-state index contributed by atoms with van der Waals surface area (Å²) in [5.74, 6) is 0. The standard InChI is InChI=1S/C11H13ClN2/c1-7-5-9-10(14(7)2)4-3-8(6-13)11(9)12/h3-5H,6,13H2,1-2H3. The van der Waals surface area contributed by atoms with Gasteiger partial charge in [-0.15, -0.1) is 0 Å². The summed E-state index contributed by atoms with van der Waals surface area (Å²) in [6.45, 7) is 2.56. The lowest BCUT2D eigenvalue weighted by molar-refractivity contribution is 0.918. The van der Waals surface area contributed by atoms with Crippen molar-refractivity contribution in [3.63, 3.8) is 0 Å². The van der Waals surface area contributed by atoms with Crippen LogP contribution in [-0.4, -0.2) is 4.57 Å². The van der Waals surface area contributed by atoms with Crippen molar-refractivity contribution in [2.24, 2.45) is 12.8 Å². The summed E-state index contributed by atoms with van der Waals surface area (Å²) in [7, 11) is 2.04. The van der Waals surface area contributed by atoms with E-state index >= 15 is 0 Å². The van der Waals surface area contributed by atoms with Crippen molar-refractivity contribution in [1.82, 2.24) is 4.57 Å². The molecule has 0 bridgehead atoms. The molecule has 14 heavy (non-hydrogen) atoms. The lowest BCUT2D eigenvalue weighted by atomic mass is 10.1. The average Bonchev–Trinajstić information content (AvgIpc) is 2.46. The van der Waals surface area contributed by atoms with Gasteiger partial charge < -0.3 is 10.3 Å². The normalized spacial score (nSPS) is 11.1. The first-order valence-electron chi connectivity index (χ1n) is 4.58. The molecule has 0 radical (unpaired) electrons. The van der Waals surface area contributed by atoms with Gasteiger partial charge in [-0.05, 0) is 24.6 Å². The SMILES string of the molecule is Cc1cc2c(Cl)c(CN)ccc2n1C. The van der Waals surface area contributed by atoms with Gasteiger partial charge >= 0.3 is 0 Å². The Bertz CT molecular complexity index is 485. The molecule has 74 valence electrons. The van der Waals surface area contributed by atoms with E-state index in [4.69, 9.17) is 17.3 Å². The maximum atomic E-state index is 6.23. The number of benzene rings is 1. The summed E-state index contributed by atoms with van der Waals surface area (Å²) in [6, 6.07) is 6.15. The summed E-state index contributed by atoms with van der Waals surface area (Å²) in [5.41, 5.74) is 8.96. The van der Waals surface area contributed by atoms with E-state index in [1.54, 1.807) is 0 Å². The Morgan fingerprint density at radius 2 is 2.14 bits per heavy atom. The zero-order valence-corrected chi connectivity index (χ0v) is 9.10. The van der Waals surface area contributed by atoms with Gasteiger partial charge in [0.1, 0.15) is 0 Å². The van der Waals surface area contributed by atoms with Crippen molar-refractivity contribution in [3.05, 3.63) is 34.5 Å². The Labute approximate surface area is 88.3 Å². The molecule has 0 amide bonds. The second-order valence-electron chi connectivity index (χ2n) is 3.52. The summed E-state index contributed by atoms with van der Waals surface area (Å²) < 4.78 is 2.13. The molecule has 0 saturated heterocycles. The van der Waals surface area contributed by atoms with E-state index in [9.17, 15) is 0 Å². The highest BCUT2D eigenvalue weighted by Gasteiger charge is 2.08. The third-order valence-electron chi connectivity index (χ3n) is 2.70. The molecule has 2 rings (SSSR count). The van der Waals surface area contributed by atoms with Crippen LogP contribution < -0.4 is 5.73 Å². The molecule has 0 saturated carbocycles. The third kappa shape index (κ3) is 1.22. The maximum Gasteiger partial charge on any atom is 0.0544 e. The fraction of sp³-hybridized carbons (Fsp3) is 0.273. The molecule has 0 atom stereocenters. The number of aromatic nitrogens is 1. The van der Waals surface area contributed by atoms with Crippen LogP contribution >= 0.6 is 11.6 Å². The van der Waals surface area contributed by atoms with Crippen molar-refractivity contribution in [3.8, 4) is 0 Å². The van der Waals surface area contributed by atoms with Gasteiger partial charge in [-0.3, -0.25) is 0 Å². The average molecular weight is 209 g/mol. The first kappa shape index (κ1) is 9.56. The summed E-state index contributed by atoms with van der Waals surface area (Å²) in [5, 5.41) is 1.88. The van der Waals surface area contributed by atoms with E-state index in [-0.39, 0.29) is 0 Å². The van der Waals surface area contributed by atoms with E-state index < -0.39 is 0 Å². The fourth-order valence-corrected chi connectivity index (χ4v) is 2.00. The molecular formula is C11H13ClN2. The van der Waals surface area contributed by atoms with Gasteiger partial charge in [0.15, 0.2) is 0 Å². The Kier molecular flexibility index (Phi) is 2.25. The second kappa shape index (κ2) is 3.30. The Morgan fingerprint density at radius 1 is 1.43 bits per heavy atom. The van der Waals surface area contributed by atoms with Crippen molar-refractivity contribution >= 4 is 22.5 Å². The quantitative estimate of drug-likeness (QED) is 0.768. The third-order valence-corrected chi connectivity index (χ3v) is 3.15. The molecule has 0 aliphatic rings. The molecule has 2 aromatic rings. The highest BCUT2D eigenvalue weighted by molar-refractivity contribution is 6.36. The number of fused-ring (bicyclic) bond motifs is 1. The molecule has 1 heterocycles. The van der Waals surface area contributed by atoms with Crippen molar-refractivity contribution < 1.29 is 0 Å². The number of nitrogens with zero attached hydrogens (tertiary/aromatic N) is 1. The summed E-state index contributed by atoms with van der Waals surface area (Å²) >= 11 is 6.23. The van der Waals surface area contributed by atoms with Crippen LogP contribution in [0, 0.1) is 6.92 Å². The van der Waals surface area contributed by atoms with E-state index in [0.29, 0.717) is 6.54 Å². The highest BCUT2D eigenvalue weighted by Crippen LogP contribution is 2.29. The van der Waals surface area contributed by atoms with Crippen LogP contribution in [0.25, 0.3) is 10.9 Å². The van der Waals surface area contributed by atoms with Crippen molar-refractivity contribution in [2.45, 2.75) is 13.5 Å². The summed E-state index contributed by atoms with van der Waals surface area (Å²) in [4.78, 5) is 0. The zero-order chi connectivity index (χ0) is 10.3. The van der Waals surface area contributed by atoms with Gasteiger partial charge in [0, 0.05) is 30.2 Å². The minimum Gasteiger partial charge on any atom is -0.348 e. The predicted molar refractivity (Wildman–Crippen MR) is 60.6 cm³/mol.